The highest BCUT2D eigenvalue weighted by atomic mass is 35.5. The number of hydrogen-bond donors (Lipinski definition) is 2. The van der Waals surface area contributed by atoms with Crippen molar-refractivity contribution in [3.8, 4) is 0 Å². The number of nitrogens with two attached hydrogens (primary N) is 2. The summed E-state index contributed by atoms with van der Waals surface area (Å²) < 4.78 is 5.57. The van der Waals surface area contributed by atoms with E-state index in [0.29, 0.717) is 28.5 Å². The Kier molecular flexibility index (Phi) is 4.11. The number of halogens is 1. The van der Waals surface area contributed by atoms with Gasteiger partial charge in [0, 0.05) is 25.9 Å². The molecule has 1 aliphatic heterocycles. The van der Waals surface area contributed by atoms with Crippen LogP contribution in [0, 0.1) is 0 Å². The molecule has 0 radical (unpaired) electrons. The summed E-state index contributed by atoms with van der Waals surface area (Å²) in [7, 11) is 1.70. The third-order valence-electron chi connectivity index (χ3n) is 3.82. The molecule has 0 saturated carbocycles. The van der Waals surface area contributed by atoms with E-state index in [1.165, 1.54) is 0 Å². The van der Waals surface area contributed by atoms with Crippen molar-refractivity contribution in [3.05, 3.63) is 22.7 Å². The Morgan fingerprint density at radius 3 is 2.80 bits per heavy atom. The van der Waals surface area contributed by atoms with E-state index in [1.807, 2.05) is 6.92 Å². The van der Waals surface area contributed by atoms with Crippen molar-refractivity contribution in [2.24, 2.45) is 5.73 Å². The van der Waals surface area contributed by atoms with Crippen LogP contribution in [-0.4, -0.2) is 31.7 Å². The predicted molar refractivity (Wildman–Crippen MR) is 81.2 cm³/mol. The normalized spacial score (nSPS) is 22.9. The van der Waals surface area contributed by atoms with Crippen LogP contribution in [0.25, 0.3) is 0 Å². The van der Waals surface area contributed by atoms with Gasteiger partial charge in [-0.1, -0.05) is 11.6 Å². The third-order valence-corrected chi connectivity index (χ3v) is 4.11. The summed E-state index contributed by atoms with van der Waals surface area (Å²) in [6.07, 6.45) is 1.93. The van der Waals surface area contributed by atoms with E-state index >= 15 is 0 Å². The van der Waals surface area contributed by atoms with E-state index < -0.39 is 5.91 Å². The fourth-order valence-electron chi connectivity index (χ4n) is 2.69. The Labute approximate surface area is 123 Å². The molecule has 1 saturated heterocycles. The number of benzene rings is 1. The second kappa shape index (κ2) is 5.50. The van der Waals surface area contributed by atoms with E-state index in [0.717, 1.165) is 19.4 Å². The number of hydrogen-bond acceptors (Lipinski definition) is 4. The molecule has 1 aromatic rings. The average Bonchev–Trinajstić information content (AvgIpc) is 2.37. The molecule has 0 aromatic heterocycles. The van der Waals surface area contributed by atoms with Gasteiger partial charge in [0.15, 0.2) is 0 Å². The lowest BCUT2D eigenvalue weighted by Gasteiger charge is -2.41. The fraction of sp³-hybridized carbons (Fsp3) is 0.500. The number of nitrogens with zero attached hydrogens (tertiary/aromatic N) is 1. The van der Waals surface area contributed by atoms with Crippen molar-refractivity contribution < 1.29 is 9.53 Å². The lowest BCUT2D eigenvalue weighted by Crippen LogP contribution is -2.48. The number of primary amides is 1. The Morgan fingerprint density at radius 2 is 2.20 bits per heavy atom. The highest BCUT2D eigenvalue weighted by Gasteiger charge is 2.33. The Balaban J connectivity index is 2.44. The molecule has 1 aromatic carbocycles. The zero-order valence-corrected chi connectivity index (χ0v) is 12.5. The molecule has 0 spiro atoms. The minimum Gasteiger partial charge on any atom is -0.399 e. The van der Waals surface area contributed by atoms with Gasteiger partial charge in [-0.25, -0.2) is 0 Å². The van der Waals surface area contributed by atoms with Gasteiger partial charge in [0.1, 0.15) is 0 Å². The SMILES string of the molecule is COC1(C)CCCN(c2c(Cl)cc(N)cc2C(N)=O)C1. The van der Waals surface area contributed by atoms with Crippen molar-refractivity contribution in [1.29, 1.82) is 0 Å². The second-order valence-electron chi connectivity index (χ2n) is 5.44. The molecule has 1 fully saturated rings. The van der Waals surface area contributed by atoms with Gasteiger partial charge in [-0.05, 0) is 31.9 Å². The molecule has 1 unspecified atom stereocenters. The molecule has 20 heavy (non-hydrogen) atoms. The lowest BCUT2D eigenvalue weighted by atomic mass is 9.93. The molecule has 5 nitrogen and oxygen atoms in total. The number of carbonyl (C=O) groups excluding carboxylic acids is 1. The summed E-state index contributed by atoms with van der Waals surface area (Å²) in [6, 6.07) is 3.21. The predicted octanol–water partition coefficient (Wildman–Crippen LogP) is 2.03. The first-order valence-electron chi connectivity index (χ1n) is 6.55. The molecule has 1 atom stereocenters. The fourth-order valence-corrected chi connectivity index (χ4v) is 3.04. The maximum Gasteiger partial charge on any atom is 0.250 e. The van der Waals surface area contributed by atoms with E-state index in [-0.39, 0.29) is 5.60 Å². The van der Waals surface area contributed by atoms with Gasteiger partial charge in [0.05, 0.1) is 21.9 Å². The van der Waals surface area contributed by atoms with Gasteiger partial charge in [0.2, 0.25) is 0 Å². The maximum atomic E-state index is 11.6. The summed E-state index contributed by atoms with van der Waals surface area (Å²) in [6.45, 7) is 3.52. The zero-order valence-electron chi connectivity index (χ0n) is 11.8. The molecule has 110 valence electrons. The topological polar surface area (TPSA) is 81.6 Å². The summed E-state index contributed by atoms with van der Waals surface area (Å²) in [4.78, 5) is 13.7. The lowest BCUT2D eigenvalue weighted by molar-refractivity contribution is -0.00468. The van der Waals surface area contributed by atoms with Crippen LogP contribution in [0.2, 0.25) is 5.02 Å². The van der Waals surface area contributed by atoms with E-state index in [2.05, 4.69) is 4.90 Å². The summed E-state index contributed by atoms with van der Waals surface area (Å²) in [5.41, 5.74) is 12.4. The quantitative estimate of drug-likeness (QED) is 0.836. The number of carbonyl (C=O) groups is 1. The number of piperidine rings is 1. The monoisotopic (exact) mass is 297 g/mol. The molecular weight excluding hydrogens is 278 g/mol. The standard InChI is InChI=1S/C14H20ClN3O2/c1-14(20-2)4-3-5-18(8-14)12-10(13(17)19)6-9(16)7-11(12)15/h6-7H,3-5,8,16H2,1-2H3,(H2,17,19). The highest BCUT2D eigenvalue weighted by Crippen LogP contribution is 2.36. The molecule has 0 bridgehead atoms. The summed E-state index contributed by atoms with van der Waals surface area (Å²) >= 11 is 6.28. The van der Waals surface area contributed by atoms with Crippen LogP contribution in [0.1, 0.15) is 30.1 Å². The van der Waals surface area contributed by atoms with Gasteiger partial charge in [-0.3, -0.25) is 4.79 Å². The van der Waals surface area contributed by atoms with E-state index in [9.17, 15) is 4.79 Å². The van der Waals surface area contributed by atoms with Crippen LogP contribution in [0.15, 0.2) is 12.1 Å². The highest BCUT2D eigenvalue weighted by molar-refractivity contribution is 6.34. The summed E-state index contributed by atoms with van der Waals surface area (Å²) in [5, 5.41) is 0.444. The van der Waals surface area contributed by atoms with Crippen LogP contribution >= 0.6 is 11.6 Å². The van der Waals surface area contributed by atoms with Gasteiger partial charge >= 0.3 is 0 Å². The van der Waals surface area contributed by atoms with Gasteiger partial charge in [-0.15, -0.1) is 0 Å². The van der Waals surface area contributed by atoms with Crippen molar-refractivity contribution in [3.63, 3.8) is 0 Å². The number of methoxy groups -OCH3 is 1. The second-order valence-corrected chi connectivity index (χ2v) is 5.85. The van der Waals surface area contributed by atoms with Crippen molar-refractivity contribution in [1.82, 2.24) is 0 Å². The first-order valence-corrected chi connectivity index (χ1v) is 6.93. The Bertz CT molecular complexity index is 535. The van der Waals surface area contributed by atoms with Crippen molar-refractivity contribution >= 4 is 28.9 Å². The largest absolute Gasteiger partial charge is 0.399 e. The maximum absolute atomic E-state index is 11.6. The average molecular weight is 298 g/mol. The minimum atomic E-state index is -0.529. The van der Waals surface area contributed by atoms with Crippen LogP contribution in [-0.2, 0) is 4.74 Å². The molecular formula is C14H20ClN3O2. The van der Waals surface area contributed by atoms with Crippen LogP contribution in [0.3, 0.4) is 0 Å². The number of anilines is 2. The van der Waals surface area contributed by atoms with Crippen molar-refractivity contribution in [2.45, 2.75) is 25.4 Å². The molecule has 6 heteroatoms. The van der Waals surface area contributed by atoms with Gasteiger partial charge < -0.3 is 21.1 Å². The molecule has 1 heterocycles. The number of ether oxygens (including phenoxy) is 1. The van der Waals surface area contributed by atoms with Crippen LogP contribution in [0.5, 0.6) is 0 Å². The zero-order chi connectivity index (χ0) is 14.9. The molecule has 1 amide bonds. The van der Waals surface area contributed by atoms with Crippen LogP contribution < -0.4 is 16.4 Å². The van der Waals surface area contributed by atoms with Crippen molar-refractivity contribution in [2.75, 3.05) is 30.8 Å². The minimum absolute atomic E-state index is 0.252. The first-order chi connectivity index (χ1) is 9.36. The smallest absolute Gasteiger partial charge is 0.250 e. The van der Waals surface area contributed by atoms with E-state index in [1.54, 1.807) is 19.2 Å². The Morgan fingerprint density at radius 1 is 1.50 bits per heavy atom. The number of rotatable bonds is 3. The number of nitrogen functional groups attached to an aromatic ring is 1. The van der Waals surface area contributed by atoms with Crippen LogP contribution in [0.4, 0.5) is 11.4 Å². The third kappa shape index (κ3) is 2.83. The summed E-state index contributed by atoms with van der Waals surface area (Å²) in [5.74, 6) is -0.529. The molecule has 2 rings (SSSR count). The first kappa shape index (κ1) is 14.9. The van der Waals surface area contributed by atoms with Gasteiger partial charge in [0.25, 0.3) is 5.91 Å². The molecule has 4 N–H and O–H groups in total. The molecule has 1 aliphatic rings. The van der Waals surface area contributed by atoms with Gasteiger partial charge in [-0.2, -0.15) is 0 Å². The van der Waals surface area contributed by atoms with E-state index in [4.69, 9.17) is 27.8 Å². The molecule has 0 aliphatic carbocycles. The Hall–Kier alpha value is -1.46. The number of amides is 1.